The molecule has 1 aliphatic heterocycles. The largest absolute Gasteiger partial charge is 0.490 e. The molecular weight excluding hydrogens is 480 g/mol. The van der Waals surface area contributed by atoms with Gasteiger partial charge in [-0.3, -0.25) is 4.98 Å². The summed E-state index contributed by atoms with van der Waals surface area (Å²) >= 11 is 12.4. The number of thiocarbonyl (C=S) groups is 1. The molecule has 2 aromatic carbocycles. The second-order valence-corrected chi connectivity index (χ2v) is 8.93. The lowest BCUT2D eigenvalue weighted by atomic mass is 9.98. The van der Waals surface area contributed by atoms with Crippen molar-refractivity contribution < 1.29 is 9.47 Å². The Morgan fingerprint density at radius 3 is 2.57 bits per heavy atom. The Morgan fingerprint density at radius 2 is 1.83 bits per heavy atom. The fourth-order valence-electron chi connectivity index (χ4n) is 4.31. The van der Waals surface area contributed by atoms with Crippen LogP contribution in [0.3, 0.4) is 0 Å². The Labute approximate surface area is 215 Å². The molecule has 6 nitrogen and oxygen atoms in total. The Balaban J connectivity index is 1.53. The zero-order valence-corrected chi connectivity index (χ0v) is 20.7. The third-order valence-corrected chi connectivity index (χ3v) is 6.56. The number of methoxy groups -OCH3 is 1. The summed E-state index contributed by atoms with van der Waals surface area (Å²) in [5.41, 5.74) is 3.99. The lowest BCUT2D eigenvalue weighted by Gasteiger charge is -2.27. The molecule has 3 heterocycles. The van der Waals surface area contributed by atoms with Gasteiger partial charge in [0.05, 0.1) is 29.4 Å². The van der Waals surface area contributed by atoms with E-state index in [-0.39, 0.29) is 12.1 Å². The highest BCUT2D eigenvalue weighted by Crippen LogP contribution is 2.43. The smallest absolute Gasteiger partial charge is 0.174 e. The molecule has 5 rings (SSSR count). The number of benzene rings is 2. The van der Waals surface area contributed by atoms with Crippen LogP contribution in [0, 0.1) is 0 Å². The van der Waals surface area contributed by atoms with Gasteiger partial charge >= 0.3 is 0 Å². The van der Waals surface area contributed by atoms with Gasteiger partial charge in [0, 0.05) is 37.1 Å². The van der Waals surface area contributed by atoms with E-state index in [2.05, 4.69) is 50.4 Å². The highest BCUT2D eigenvalue weighted by Gasteiger charge is 2.41. The maximum Gasteiger partial charge on any atom is 0.174 e. The maximum atomic E-state index is 6.59. The Bertz CT molecular complexity index is 1300. The summed E-state index contributed by atoms with van der Waals surface area (Å²) in [7, 11) is 1.64. The molecule has 0 amide bonds. The van der Waals surface area contributed by atoms with Crippen LogP contribution in [0.4, 0.5) is 5.69 Å². The van der Waals surface area contributed by atoms with Crippen molar-refractivity contribution in [2.45, 2.75) is 12.1 Å². The number of aromatic nitrogens is 2. The molecule has 1 aliphatic rings. The fourth-order valence-corrected chi connectivity index (χ4v) is 4.89. The lowest BCUT2D eigenvalue weighted by Crippen LogP contribution is -2.29. The highest BCUT2D eigenvalue weighted by molar-refractivity contribution is 7.80. The van der Waals surface area contributed by atoms with Crippen LogP contribution < -0.4 is 15.0 Å². The van der Waals surface area contributed by atoms with Crippen molar-refractivity contribution in [2.24, 2.45) is 0 Å². The van der Waals surface area contributed by atoms with Crippen molar-refractivity contribution in [3.63, 3.8) is 0 Å². The van der Waals surface area contributed by atoms with E-state index in [1.54, 1.807) is 13.3 Å². The van der Waals surface area contributed by atoms with Crippen LogP contribution in [-0.2, 0) is 4.74 Å². The topological polar surface area (TPSA) is 51.6 Å². The number of nitrogens with zero attached hydrogens (tertiary/aromatic N) is 3. The first-order chi connectivity index (χ1) is 17.2. The number of anilines is 1. The van der Waals surface area contributed by atoms with Gasteiger partial charge in [0.25, 0.3) is 0 Å². The second kappa shape index (κ2) is 10.5. The van der Waals surface area contributed by atoms with Gasteiger partial charge in [0.2, 0.25) is 0 Å². The van der Waals surface area contributed by atoms with Gasteiger partial charge in [-0.05, 0) is 66.3 Å². The summed E-state index contributed by atoms with van der Waals surface area (Å²) < 4.78 is 12.9. The summed E-state index contributed by atoms with van der Waals surface area (Å²) in [5.74, 6) is 0.610. The van der Waals surface area contributed by atoms with Gasteiger partial charge < -0.3 is 24.3 Å². The zero-order valence-electron chi connectivity index (χ0n) is 19.2. The molecule has 0 aliphatic carbocycles. The van der Waals surface area contributed by atoms with Crippen LogP contribution in [0.25, 0.3) is 5.69 Å². The first-order valence-electron chi connectivity index (χ1n) is 11.3. The molecule has 0 bridgehead atoms. The van der Waals surface area contributed by atoms with Crippen LogP contribution in [0.2, 0.25) is 5.02 Å². The molecule has 1 saturated heterocycles. The Morgan fingerprint density at radius 1 is 1.00 bits per heavy atom. The van der Waals surface area contributed by atoms with Crippen molar-refractivity contribution in [3.8, 4) is 11.4 Å². The molecule has 1 fully saturated rings. The third-order valence-electron chi connectivity index (χ3n) is 5.95. The minimum Gasteiger partial charge on any atom is -0.490 e. The van der Waals surface area contributed by atoms with Gasteiger partial charge in [-0.2, -0.15) is 0 Å². The lowest BCUT2D eigenvalue weighted by molar-refractivity contribution is 0.146. The van der Waals surface area contributed by atoms with E-state index in [9.17, 15) is 0 Å². The molecule has 0 spiro atoms. The minimum absolute atomic E-state index is 0.126. The molecule has 178 valence electrons. The van der Waals surface area contributed by atoms with E-state index in [4.69, 9.17) is 33.3 Å². The first kappa shape index (κ1) is 23.4. The van der Waals surface area contributed by atoms with Crippen molar-refractivity contribution in [1.29, 1.82) is 0 Å². The molecule has 8 heteroatoms. The highest BCUT2D eigenvalue weighted by atomic mass is 35.5. The summed E-state index contributed by atoms with van der Waals surface area (Å²) in [4.78, 5) is 6.73. The zero-order chi connectivity index (χ0) is 24.2. The van der Waals surface area contributed by atoms with Gasteiger partial charge in [-0.1, -0.05) is 35.9 Å². The van der Waals surface area contributed by atoms with Crippen LogP contribution in [0.1, 0.15) is 23.3 Å². The van der Waals surface area contributed by atoms with E-state index >= 15 is 0 Å². The first-order valence-corrected chi connectivity index (χ1v) is 12.1. The quantitative estimate of drug-likeness (QED) is 0.244. The number of rotatable bonds is 8. The SMILES string of the molecule is COCCOc1ccc(N2C(=S)N[C@H](c3ccccn3)[C@H]2c2ccn(-c3ccccc3)c2)cc1Cl. The van der Waals surface area contributed by atoms with Crippen LogP contribution >= 0.6 is 23.8 Å². The molecule has 4 aromatic rings. The van der Waals surface area contributed by atoms with E-state index in [1.165, 1.54) is 0 Å². The number of pyridine rings is 1. The van der Waals surface area contributed by atoms with Gasteiger partial charge in [-0.25, -0.2) is 0 Å². The van der Waals surface area contributed by atoms with Crippen LogP contribution in [0.15, 0.2) is 91.4 Å². The minimum atomic E-state index is -0.133. The predicted octanol–water partition coefficient (Wildman–Crippen LogP) is 5.73. The summed E-state index contributed by atoms with van der Waals surface area (Å²) in [6.07, 6.45) is 6.01. The molecule has 0 unspecified atom stereocenters. The van der Waals surface area contributed by atoms with E-state index in [1.807, 2.05) is 54.6 Å². The maximum absolute atomic E-state index is 6.59. The van der Waals surface area contributed by atoms with Gasteiger partial charge in [-0.15, -0.1) is 0 Å². The summed E-state index contributed by atoms with van der Waals surface area (Å²) in [5, 5.41) is 4.62. The molecule has 0 saturated carbocycles. The Hall–Kier alpha value is -3.39. The van der Waals surface area contributed by atoms with Crippen molar-refractivity contribution in [1.82, 2.24) is 14.9 Å². The summed E-state index contributed by atoms with van der Waals surface area (Å²) in [6, 6.07) is 23.8. The number of halogens is 1. The second-order valence-electron chi connectivity index (χ2n) is 8.14. The Kier molecular flexibility index (Phi) is 6.99. The standard InChI is InChI=1S/C27H25ClN4O2S/c1-33-15-16-34-24-11-10-21(17-22(24)28)32-26(25(30-27(32)35)23-9-5-6-13-29-23)19-12-14-31(18-19)20-7-3-2-4-8-20/h2-14,17-18,25-26H,15-16H2,1H3,(H,30,35)/t25-,26-/m1/s1. The normalized spacial score (nSPS) is 17.4. The van der Waals surface area contributed by atoms with E-state index in [0.717, 1.165) is 22.6 Å². The molecule has 35 heavy (non-hydrogen) atoms. The molecule has 0 radical (unpaired) electrons. The number of ether oxygens (including phenoxy) is 2. The van der Waals surface area contributed by atoms with Gasteiger partial charge in [0.15, 0.2) is 5.11 Å². The molecular formula is C27H25ClN4O2S. The van der Waals surface area contributed by atoms with E-state index < -0.39 is 0 Å². The van der Waals surface area contributed by atoms with E-state index in [0.29, 0.717) is 29.1 Å². The molecule has 2 aromatic heterocycles. The third kappa shape index (κ3) is 4.89. The van der Waals surface area contributed by atoms with Crippen LogP contribution in [0.5, 0.6) is 5.75 Å². The number of para-hydroxylation sites is 1. The van der Waals surface area contributed by atoms with Crippen molar-refractivity contribution in [3.05, 3.63) is 108 Å². The van der Waals surface area contributed by atoms with Crippen molar-refractivity contribution in [2.75, 3.05) is 25.2 Å². The summed E-state index contributed by atoms with van der Waals surface area (Å²) in [6.45, 7) is 0.918. The molecule has 2 atom stereocenters. The number of hydrogen-bond acceptors (Lipinski definition) is 4. The monoisotopic (exact) mass is 504 g/mol. The average Bonchev–Trinajstić information content (AvgIpc) is 3.51. The number of nitrogens with one attached hydrogen (secondary N) is 1. The predicted molar refractivity (Wildman–Crippen MR) is 143 cm³/mol. The van der Waals surface area contributed by atoms with Gasteiger partial charge in [0.1, 0.15) is 12.4 Å². The number of hydrogen-bond donors (Lipinski definition) is 1. The molecule has 1 N–H and O–H groups in total. The van der Waals surface area contributed by atoms with Crippen molar-refractivity contribution >= 4 is 34.6 Å². The average molecular weight is 505 g/mol. The van der Waals surface area contributed by atoms with Crippen LogP contribution in [-0.4, -0.2) is 35.0 Å². The fraction of sp³-hybridized carbons (Fsp3) is 0.185.